The lowest BCUT2D eigenvalue weighted by atomic mass is 9.75. The summed E-state index contributed by atoms with van der Waals surface area (Å²) in [6, 6.07) is 0. The van der Waals surface area contributed by atoms with Crippen LogP contribution in [0.5, 0.6) is 0 Å². The van der Waals surface area contributed by atoms with E-state index in [-0.39, 0.29) is 11.5 Å². The van der Waals surface area contributed by atoms with Gasteiger partial charge in [-0.05, 0) is 45.6 Å². The molecule has 0 aliphatic heterocycles. The molecule has 0 aromatic rings. The average molecular weight is 213 g/mol. The van der Waals surface area contributed by atoms with Gasteiger partial charge in [-0.15, -0.1) is 0 Å². The summed E-state index contributed by atoms with van der Waals surface area (Å²) in [6.07, 6.45) is 5.11. The highest BCUT2D eigenvalue weighted by Gasteiger charge is 2.35. The molecule has 1 aliphatic rings. The summed E-state index contributed by atoms with van der Waals surface area (Å²) in [5, 5.41) is 3.33. The van der Waals surface area contributed by atoms with Crippen LogP contribution < -0.4 is 5.32 Å². The Kier molecular flexibility index (Phi) is 4.58. The van der Waals surface area contributed by atoms with Gasteiger partial charge in [0, 0.05) is 5.54 Å². The highest BCUT2D eigenvalue weighted by Crippen LogP contribution is 2.34. The second-order valence-corrected chi connectivity index (χ2v) is 4.69. The van der Waals surface area contributed by atoms with Crippen LogP contribution in [-0.2, 0) is 9.53 Å². The van der Waals surface area contributed by atoms with Gasteiger partial charge in [-0.3, -0.25) is 4.79 Å². The minimum absolute atomic E-state index is 0.00123. The minimum Gasteiger partial charge on any atom is -0.466 e. The highest BCUT2D eigenvalue weighted by atomic mass is 16.5. The van der Waals surface area contributed by atoms with Crippen molar-refractivity contribution in [3.8, 4) is 0 Å². The molecule has 0 unspecified atom stereocenters. The van der Waals surface area contributed by atoms with E-state index in [4.69, 9.17) is 4.74 Å². The zero-order valence-corrected chi connectivity index (χ0v) is 10.1. The molecule has 3 nitrogen and oxygen atoms in total. The largest absolute Gasteiger partial charge is 0.466 e. The van der Waals surface area contributed by atoms with Crippen LogP contribution >= 0.6 is 0 Å². The second-order valence-electron chi connectivity index (χ2n) is 4.69. The fraction of sp³-hybridized carbons (Fsp3) is 0.917. The van der Waals surface area contributed by atoms with Crippen LogP contribution in [0.4, 0.5) is 0 Å². The fourth-order valence-electron chi connectivity index (χ4n) is 2.32. The van der Waals surface area contributed by atoms with Crippen LogP contribution in [0.15, 0.2) is 0 Å². The Hall–Kier alpha value is -0.570. The van der Waals surface area contributed by atoms with E-state index < -0.39 is 0 Å². The van der Waals surface area contributed by atoms with E-state index in [1.807, 2.05) is 14.0 Å². The first-order valence-electron chi connectivity index (χ1n) is 5.96. The van der Waals surface area contributed by atoms with Crippen LogP contribution in [0.3, 0.4) is 0 Å². The molecular weight excluding hydrogens is 190 g/mol. The average Bonchev–Trinajstić information content (AvgIpc) is 2.22. The summed E-state index contributed by atoms with van der Waals surface area (Å²) in [5.74, 6) is 0.732. The molecule has 0 bridgehead atoms. The molecule has 1 fully saturated rings. The molecule has 0 amide bonds. The zero-order valence-electron chi connectivity index (χ0n) is 10.1. The molecule has 0 aromatic carbocycles. The number of esters is 1. The van der Waals surface area contributed by atoms with Gasteiger partial charge >= 0.3 is 5.97 Å². The van der Waals surface area contributed by atoms with Gasteiger partial charge < -0.3 is 10.1 Å². The number of hydrogen-bond acceptors (Lipinski definition) is 3. The Morgan fingerprint density at radius 1 is 1.47 bits per heavy atom. The maximum atomic E-state index is 11.5. The molecule has 1 rings (SSSR count). The Bertz CT molecular complexity index is 208. The molecule has 0 spiro atoms. The molecule has 0 radical (unpaired) electrons. The van der Waals surface area contributed by atoms with E-state index in [0.29, 0.717) is 13.0 Å². The smallest absolute Gasteiger partial charge is 0.307 e. The van der Waals surface area contributed by atoms with Gasteiger partial charge in [-0.25, -0.2) is 0 Å². The topological polar surface area (TPSA) is 38.3 Å². The van der Waals surface area contributed by atoms with Gasteiger partial charge in [0.2, 0.25) is 0 Å². The lowest BCUT2D eigenvalue weighted by Crippen LogP contribution is -2.47. The summed E-state index contributed by atoms with van der Waals surface area (Å²) in [7, 11) is 1.95. The summed E-state index contributed by atoms with van der Waals surface area (Å²) in [4.78, 5) is 11.5. The van der Waals surface area contributed by atoms with Gasteiger partial charge in [-0.1, -0.05) is 6.92 Å². The molecule has 88 valence electrons. The summed E-state index contributed by atoms with van der Waals surface area (Å²) < 4.78 is 5.02. The van der Waals surface area contributed by atoms with Crippen LogP contribution in [0.25, 0.3) is 0 Å². The van der Waals surface area contributed by atoms with Crippen molar-refractivity contribution in [2.75, 3.05) is 13.7 Å². The van der Waals surface area contributed by atoms with E-state index in [2.05, 4.69) is 12.2 Å². The number of hydrogen-bond donors (Lipinski definition) is 1. The van der Waals surface area contributed by atoms with Crippen molar-refractivity contribution < 1.29 is 9.53 Å². The fourth-order valence-corrected chi connectivity index (χ4v) is 2.32. The van der Waals surface area contributed by atoms with Crippen molar-refractivity contribution in [2.45, 2.75) is 51.5 Å². The standard InChI is InChI=1S/C12H23NO2/c1-4-15-11(14)9-12(13-3)7-5-10(2)6-8-12/h10,13H,4-9H2,1-3H3. The third-order valence-corrected chi connectivity index (χ3v) is 3.55. The Morgan fingerprint density at radius 2 is 2.07 bits per heavy atom. The molecule has 0 aromatic heterocycles. The van der Waals surface area contributed by atoms with Gasteiger partial charge in [0.15, 0.2) is 0 Å². The molecule has 0 atom stereocenters. The van der Waals surface area contributed by atoms with Crippen molar-refractivity contribution in [3.63, 3.8) is 0 Å². The van der Waals surface area contributed by atoms with Gasteiger partial charge in [0.25, 0.3) is 0 Å². The predicted octanol–water partition coefficient (Wildman–Crippen LogP) is 2.11. The number of rotatable bonds is 4. The van der Waals surface area contributed by atoms with Crippen molar-refractivity contribution >= 4 is 5.97 Å². The van der Waals surface area contributed by atoms with E-state index in [9.17, 15) is 4.79 Å². The number of nitrogens with one attached hydrogen (secondary N) is 1. The van der Waals surface area contributed by atoms with Crippen molar-refractivity contribution in [2.24, 2.45) is 5.92 Å². The summed E-state index contributed by atoms with van der Waals surface area (Å²) >= 11 is 0. The second kappa shape index (κ2) is 5.50. The SMILES string of the molecule is CCOC(=O)CC1(NC)CCC(C)CC1. The monoisotopic (exact) mass is 213 g/mol. The van der Waals surface area contributed by atoms with Crippen molar-refractivity contribution in [1.82, 2.24) is 5.32 Å². The molecule has 3 heteroatoms. The summed E-state index contributed by atoms with van der Waals surface area (Å²) in [5.41, 5.74) is -0.00123. The van der Waals surface area contributed by atoms with E-state index in [1.54, 1.807) is 0 Å². The Balaban J connectivity index is 2.49. The maximum absolute atomic E-state index is 11.5. The van der Waals surface area contributed by atoms with Crippen LogP contribution in [0.1, 0.15) is 46.0 Å². The van der Waals surface area contributed by atoms with Crippen molar-refractivity contribution in [1.29, 1.82) is 0 Å². The molecule has 0 heterocycles. The molecule has 0 saturated heterocycles. The molecule has 1 aliphatic carbocycles. The van der Waals surface area contributed by atoms with Crippen LogP contribution in [-0.4, -0.2) is 25.2 Å². The zero-order chi connectivity index (χ0) is 11.3. The lowest BCUT2D eigenvalue weighted by molar-refractivity contribution is -0.145. The molecule has 1 N–H and O–H groups in total. The molecule has 15 heavy (non-hydrogen) atoms. The summed E-state index contributed by atoms with van der Waals surface area (Å²) in [6.45, 7) is 4.62. The van der Waals surface area contributed by atoms with Crippen LogP contribution in [0.2, 0.25) is 0 Å². The van der Waals surface area contributed by atoms with E-state index in [1.165, 1.54) is 12.8 Å². The third-order valence-electron chi connectivity index (χ3n) is 3.55. The quantitative estimate of drug-likeness (QED) is 0.727. The number of carbonyl (C=O) groups is 1. The third kappa shape index (κ3) is 3.49. The minimum atomic E-state index is -0.0681. The van der Waals surface area contributed by atoms with Gasteiger partial charge in [0.05, 0.1) is 13.0 Å². The van der Waals surface area contributed by atoms with Crippen molar-refractivity contribution in [3.05, 3.63) is 0 Å². The predicted molar refractivity (Wildman–Crippen MR) is 60.7 cm³/mol. The number of carbonyl (C=O) groups excluding carboxylic acids is 1. The molecule has 1 saturated carbocycles. The van der Waals surface area contributed by atoms with Gasteiger partial charge in [-0.2, -0.15) is 0 Å². The van der Waals surface area contributed by atoms with Crippen LogP contribution in [0, 0.1) is 5.92 Å². The Morgan fingerprint density at radius 3 is 2.53 bits per heavy atom. The number of ether oxygens (including phenoxy) is 1. The first-order chi connectivity index (χ1) is 7.12. The maximum Gasteiger partial charge on any atom is 0.307 e. The first-order valence-corrected chi connectivity index (χ1v) is 5.96. The normalized spacial score (nSPS) is 31.3. The lowest BCUT2D eigenvalue weighted by Gasteiger charge is -2.38. The Labute approximate surface area is 92.6 Å². The highest BCUT2D eigenvalue weighted by molar-refractivity contribution is 5.70. The first kappa shape index (κ1) is 12.5. The van der Waals surface area contributed by atoms with E-state index in [0.717, 1.165) is 18.8 Å². The van der Waals surface area contributed by atoms with E-state index >= 15 is 0 Å². The van der Waals surface area contributed by atoms with Gasteiger partial charge in [0.1, 0.15) is 0 Å². The molecular formula is C12H23NO2.